The first-order valence-electron chi connectivity index (χ1n) is 7.25. The summed E-state index contributed by atoms with van der Waals surface area (Å²) in [4.78, 5) is 0.0470. The van der Waals surface area contributed by atoms with Gasteiger partial charge in [0.1, 0.15) is 15.7 Å². The number of hydrogen-bond donors (Lipinski definition) is 1. The molecular formula is C15H15ClFN5O2S. The summed E-state index contributed by atoms with van der Waals surface area (Å²) >= 11 is 6.08. The van der Waals surface area contributed by atoms with Gasteiger partial charge in [0.15, 0.2) is 5.82 Å². The first-order valence-corrected chi connectivity index (χ1v) is 9.11. The molecule has 3 aromatic rings. The van der Waals surface area contributed by atoms with Crippen LogP contribution in [0.2, 0.25) is 5.02 Å². The molecule has 1 aromatic carbocycles. The maximum absolute atomic E-state index is 13.2. The van der Waals surface area contributed by atoms with E-state index in [-0.39, 0.29) is 28.1 Å². The minimum Gasteiger partial charge on any atom is -0.274 e. The summed E-state index contributed by atoms with van der Waals surface area (Å²) in [5.41, 5.74) is 1.04. The quantitative estimate of drug-likeness (QED) is 0.734. The minimum absolute atomic E-state index is 0.00122. The summed E-state index contributed by atoms with van der Waals surface area (Å²) in [5.74, 6) is -0.356. The molecule has 0 bridgehead atoms. The smallest absolute Gasteiger partial charge is 0.266 e. The Morgan fingerprint density at radius 1 is 1.28 bits per heavy atom. The van der Waals surface area contributed by atoms with Crippen LogP contribution in [0.5, 0.6) is 0 Å². The van der Waals surface area contributed by atoms with Gasteiger partial charge in [0, 0.05) is 19.4 Å². The maximum atomic E-state index is 13.2. The Hall–Kier alpha value is -2.39. The van der Waals surface area contributed by atoms with Crippen molar-refractivity contribution in [3.05, 3.63) is 58.8 Å². The molecule has 132 valence electrons. The van der Waals surface area contributed by atoms with Crippen molar-refractivity contribution in [2.24, 2.45) is 7.05 Å². The molecule has 7 nitrogen and oxygen atoms in total. The van der Waals surface area contributed by atoms with Gasteiger partial charge in [-0.2, -0.15) is 10.2 Å². The largest absolute Gasteiger partial charge is 0.274 e. The van der Waals surface area contributed by atoms with Crippen LogP contribution in [-0.2, 0) is 23.6 Å². The standard InChI is InChI=1S/C15H15ClFN5O2S/c1-10-14(9-21(2)18-10)25(23,24)20-15-13(16)8-22(19-15)7-11-4-3-5-12(17)6-11/h3-6,8-9H,7H2,1-2H3,(H,19,20). The number of nitrogens with one attached hydrogen (secondary N) is 1. The lowest BCUT2D eigenvalue weighted by molar-refractivity contribution is 0.600. The van der Waals surface area contributed by atoms with Gasteiger partial charge in [-0.1, -0.05) is 23.7 Å². The molecule has 0 aliphatic rings. The minimum atomic E-state index is -3.87. The molecule has 0 spiro atoms. The van der Waals surface area contributed by atoms with Crippen LogP contribution in [0.25, 0.3) is 0 Å². The zero-order valence-electron chi connectivity index (χ0n) is 13.4. The monoisotopic (exact) mass is 383 g/mol. The first kappa shape index (κ1) is 17.4. The third-order valence-corrected chi connectivity index (χ3v) is 5.16. The van der Waals surface area contributed by atoms with Gasteiger partial charge in [-0.3, -0.25) is 14.1 Å². The van der Waals surface area contributed by atoms with E-state index in [9.17, 15) is 12.8 Å². The Morgan fingerprint density at radius 3 is 2.68 bits per heavy atom. The molecule has 25 heavy (non-hydrogen) atoms. The molecule has 0 atom stereocenters. The molecule has 2 aromatic heterocycles. The van der Waals surface area contributed by atoms with Crippen LogP contribution in [0, 0.1) is 12.7 Å². The predicted octanol–water partition coefficient (Wildman–Crippen LogP) is 2.57. The van der Waals surface area contributed by atoms with E-state index in [2.05, 4.69) is 14.9 Å². The van der Waals surface area contributed by atoms with Gasteiger partial charge >= 0.3 is 0 Å². The van der Waals surface area contributed by atoms with Crippen molar-refractivity contribution in [2.75, 3.05) is 4.72 Å². The molecule has 1 N–H and O–H groups in total. The van der Waals surface area contributed by atoms with E-state index in [0.29, 0.717) is 11.3 Å². The highest BCUT2D eigenvalue weighted by atomic mass is 35.5. The van der Waals surface area contributed by atoms with E-state index in [4.69, 9.17) is 11.6 Å². The fraction of sp³-hybridized carbons (Fsp3) is 0.200. The van der Waals surface area contributed by atoms with Gasteiger partial charge in [-0.15, -0.1) is 0 Å². The number of hydrogen-bond acceptors (Lipinski definition) is 4. The number of benzene rings is 1. The molecule has 0 saturated carbocycles. The van der Waals surface area contributed by atoms with Crippen LogP contribution < -0.4 is 4.72 Å². The molecule has 3 rings (SSSR count). The summed E-state index contributed by atoms with van der Waals surface area (Å²) < 4.78 is 43.4. The summed E-state index contributed by atoms with van der Waals surface area (Å²) in [6, 6.07) is 6.04. The Bertz CT molecular complexity index is 1030. The molecule has 0 radical (unpaired) electrons. The number of anilines is 1. The summed E-state index contributed by atoms with van der Waals surface area (Å²) in [6.45, 7) is 1.85. The van der Waals surface area contributed by atoms with E-state index < -0.39 is 10.0 Å². The second-order valence-corrected chi connectivity index (χ2v) is 7.57. The van der Waals surface area contributed by atoms with E-state index in [1.165, 1.54) is 33.9 Å². The Balaban J connectivity index is 1.84. The first-order chi connectivity index (χ1) is 11.7. The number of aromatic nitrogens is 4. The molecule has 0 aliphatic heterocycles. The van der Waals surface area contributed by atoms with Crippen LogP contribution in [0.3, 0.4) is 0 Å². The van der Waals surface area contributed by atoms with Crippen molar-refractivity contribution < 1.29 is 12.8 Å². The Labute approximate surface area is 149 Å². The van der Waals surface area contributed by atoms with Gasteiger partial charge in [0.25, 0.3) is 10.0 Å². The van der Waals surface area contributed by atoms with Crippen molar-refractivity contribution in [1.82, 2.24) is 19.6 Å². The average Bonchev–Trinajstić information content (AvgIpc) is 3.01. The molecule has 10 heteroatoms. The molecule has 0 amide bonds. The number of sulfonamides is 1. The molecule has 0 fully saturated rings. The SMILES string of the molecule is Cc1nn(C)cc1S(=O)(=O)Nc1nn(Cc2cccc(F)c2)cc1Cl. The topological polar surface area (TPSA) is 81.8 Å². The second kappa shape index (κ2) is 6.49. The third kappa shape index (κ3) is 3.83. The summed E-state index contributed by atoms with van der Waals surface area (Å²) in [7, 11) is -2.23. The van der Waals surface area contributed by atoms with Gasteiger partial charge in [0.05, 0.1) is 12.2 Å². The average molecular weight is 384 g/mol. The summed E-state index contributed by atoms with van der Waals surface area (Å²) in [5, 5.41) is 8.28. The zero-order valence-corrected chi connectivity index (χ0v) is 15.0. The predicted molar refractivity (Wildman–Crippen MR) is 91.5 cm³/mol. The van der Waals surface area contributed by atoms with Gasteiger partial charge in [0.2, 0.25) is 0 Å². The molecular weight excluding hydrogens is 369 g/mol. The fourth-order valence-electron chi connectivity index (χ4n) is 2.39. The highest BCUT2D eigenvalue weighted by Crippen LogP contribution is 2.24. The molecule has 2 heterocycles. The van der Waals surface area contributed by atoms with Gasteiger partial charge in [-0.05, 0) is 24.6 Å². The zero-order chi connectivity index (χ0) is 18.2. The highest BCUT2D eigenvalue weighted by molar-refractivity contribution is 7.92. The number of rotatable bonds is 5. The van der Waals surface area contributed by atoms with Crippen molar-refractivity contribution in [1.29, 1.82) is 0 Å². The van der Waals surface area contributed by atoms with Crippen LogP contribution in [0.15, 0.2) is 41.6 Å². The molecule has 0 saturated heterocycles. The van der Waals surface area contributed by atoms with E-state index in [1.54, 1.807) is 26.1 Å². The number of aryl methyl sites for hydroxylation is 2. The lowest BCUT2D eigenvalue weighted by Crippen LogP contribution is -2.14. The number of halogens is 2. The van der Waals surface area contributed by atoms with Crippen molar-refractivity contribution in [3.63, 3.8) is 0 Å². The third-order valence-electron chi connectivity index (χ3n) is 3.44. The lowest BCUT2D eigenvalue weighted by atomic mass is 10.2. The Morgan fingerprint density at radius 2 is 2.04 bits per heavy atom. The van der Waals surface area contributed by atoms with Crippen LogP contribution in [0.4, 0.5) is 10.2 Å². The summed E-state index contributed by atoms with van der Waals surface area (Å²) in [6.07, 6.45) is 2.87. The van der Waals surface area contributed by atoms with Crippen molar-refractivity contribution >= 4 is 27.4 Å². The number of nitrogens with zero attached hydrogens (tertiary/aromatic N) is 4. The maximum Gasteiger partial charge on any atom is 0.266 e. The molecule has 0 aliphatic carbocycles. The van der Waals surface area contributed by atoms with E-state index in [1.807, 2.05) is 0 Å². The van der Waals surface area contributed by atoms with Crippen LogP contribution in [0.1, 0.15) is 11.3 Å². The molecule has 0 unspecified atom stereocenters. The van der Waals surface area contributed by atoms with Gasteiger partial charge in [-0.25, -0.2) is 12.8 Å². The van der Waals surface area contributed by atoms with Gasteiger partial charge < -0.3 is 0 Å². The van der Waals surface area contributed by atoms with E-state index in [0.717, 1.165) is 0 Å². The van der Waals surface area contributed by atoms with Crippen LogP contribution in [-0.4, -0.2) is 28.0 Å². The highest BCUT2D eigenvalue weighted by Gasteiger charge is 2.22. The van der Waals surface area contributed by atoms with Crippen molar-refractivity contribution in [2.45, 2.75) is 18.4 Å². The van der Waals surface area contributed by atoms with Crippen LogP contribution >= 0.6 is 11.6 Å². The normalized spacial score (nSPS) is 11.7. The van der Waals surface area contributed by atoms with Crippen molar-refractivity contribution in [3.8, 4) is 0 Å². The lowest BCUT2D eigenvalue weighted by Gasteiger charge is -2.05. The van der Waals surface area contributed by atoms with E-state index >= 15 is 0 Å². The second-order valence-electron chi connectivity index (χ2n) is 5.51. The Kier molecular flexibility index (Phi) is 4.53. The fourth-order valence-corrected chi connectivity index (χ4v) is 3.88.